The van der Waals surface area contributed by atoms with E-state index in [0.717, 1.165) is 12.8 Å². The lowest BCUT2D eigenvalue weighted by molar-refractivity contribution is -0.126. The standard InChI is InChI=1S/C9H14N2O/c1-6-7-4-2-3-5-8(7)10-11-9(6)12/h6-7H,2-5H2,1H3,(H,11,12). The summed E-state index contributed by atoms with van der Waals surface area (Å²) in [6, 6.07) is 0. The molecule has 0 radical (unpaired) electrons. The average molecular weight is 166 g/mol. The molecule has 2 rings (SSSR count). The summed E-state index contributed by atoms with van der Waals surface area (Å²) in [5.74, 6) is 0.663. The van der Waals surface area contributed by atoms with Crippen molar-refractivity contribution in [2.24, 2.45) is 16.9 Å². The first-order valence-corrected chi connectivity index (χ1v) is 4.65. The minimum Gasteiger partial charge on any atom is -0.273 e. The van der Waals surface area contributed by atoms with Crippen molar-refractivity contribution in [2.45, 2.75) is 32.6 Å². The third-order valence-corrected chi connectivity index (χ3v) is 2.95. The molecule has 3 nitrogen and oxygen atoms in total. The van der Waals surface area contributed by atoms with Crippen LogP contribution in [0.1, 0.15) is 32.6 Å². The number of nitrogens with zero attached hydrogens (tertiary/aromatic N) is 1. The molecule has 66 valence electrons. The summed E-state index contributed by atoms with van der Waals surface area (Å²) in [4.78, 5) is 11.2. The lowest BCUT2D eigenvalue weighted by atomic mass is 9.78. The SMILES string of the molecule is CC1C(=O)NN=C2CCCCC21. The summed E-state index contributed by atoms with van der Waals surface area (Å²) in [5, 5.41) is 4.10. The zero-order chi connectivity index (χ0) is 8.55. The molecule has 12 heavy (non-hydrogen) atoms. The smallest absolute Gasteiger partial charge is 0.243 e. The lowest BCUT2D eigenvalue weighted by Crippen LogP contribution is -2.41. The van der Waals surface area contributed by atoms with Crippen LogP contribution >= 0.6 is 0 Å². The maximum Gasteiger partial charge on any atom is 0.243 e. The Labute approximate surface area is 72.2 Å². The molecule has 1 heterocycles. The van der Waals surface area contributed by atoms with E-state index < -0.39 is 0 Å². The Balaban J connectivity index is 2.21. The van der Waals surface area contributed by atoms with Crippen molar-refractivity contribution in [3.8, 4) is 0 Å². The van der Waals surface area contributed by atoms with Gasteiger partial charge in [-0.15, -0.1) is 0 Å². The summed E-state index contributed by atoms with van der Waals surface area (Å²) >= 11 is 0. The van der Waals surface area contributed by atoms with Gasteiger partial charge < -0.3 is 0 Å². The molecule has 0 saturated heterocycles. The molecule has 1 amide bonds. The van der Waals surface area contributed by atoms with E-state index >= 15 is 0 Å². The summed E-state index contributed by atoms with van der Waals surface area (Å²) < 4.78 is 0. The number of fused-ring (bicyclic) bond motifs is 1. The number of rotatable bonds is 0. The highest BCUT2D eigenvalue weighted by molar-refractivity contribution is 5.96. The predicted octanol–water partition coefficient (Wildman–Crippen LogP) is 1.30. The highest BCUT2D eigenvalue weighted by Crippen LogP contribution is 2.29. The fourth-order valence-corrected chi connectivity index (χ4v) is 2.11. The molecule has 1 aliphatic heterocycles. The second-order valence-corrected chi connectivity index (χ2v) is 3.72. The quantitative estimate of drug-likeness (QED) is 0.579. The van der Waals surface area contributed by atoms with Gasteiger partial charge >= 0.3 is 0 Å². The van der Waals surface area contributed by atoms with Crippen molar-refractivity contribution < 1.29 is 4.79 Å². The van der Waals surface area contributed by atoms with Gasteiger partial charge in [0.2, 0.25) is 5.91 Å². The summed E-state index contributed by atoms with van der Waals surface area (Å²) in [6.45, 7) is 2.00. The molecule has 1 saturated carbocycles. The van der Waals surface area contributed by atoms with Gasteiger partial charge in [0.1, 0.15) is 0 Å². The van der Waals surface area contributed by atoms with Gasteiger partial charge in [-0.25, -0.2) is 5.43 Å². The molecule has 0 aromatic heterocycles. The molecular formula is C9H14N2O. The highest BCUT2D eigenvalue weighted by atomic mass is 16.2. The van der Waals surface area contributed by atoms with Crippen molar-refractivity contribution in [2.75, 3.05) is 0 Å². The minimum absolute atomic E-state index is 0.0886. The third kappa shape index (κ3) is 1.13. The predicted molar refractivity (Wildman–Crippen MR) is 46.7 cm³/mol. The first-order valence-electron chi connectivity index (χ1n) is 4.65. The lowest BCUT2D eigenvalue weighted by Gasteiger charge is -2.31. The van der Waals surface area contributed by atoms with Crippen LogP contribution in [0, 0.1) is 11.8 Å². The molecule has 0 bridgehead atoms. The zero-order valence-corrected chi connectivity index (χ0v) is 7.34. The second-order valence-electron chi connectivity index (χ2n) is 3.72. The molecule has 2 unspecified atom stereocenters. The van der Waals surface area contributed by atoms with Gasteiger partial charge in [-0.3, -0.25) is 4.79 Å². The van der Waals surface area contributed by atoms with Crippen LogP contribution in [0.25, 0.3) is 0 Å². The molecule has 1 N–H and O–H groups in total. The number of amides is 1. The Kier molecular flexibility index (Phi) is 1.87. The van der Waals surface area contributed by atoms with Crippen LogP contribution < -0.4 is 5.43 Å². The van der Waals surface area contributed by atoms with Gasteiger partial charge in [-0.1, -0.05) is 13.3 Å². The van der Waals surface area contributed by atoms with Crippen LogP contribution in [0.4, 0.5) is 0 Å². The van der Waals surface area contributed by atoms with Gasteiger partial charge in [0.25, 0.3) is 0 Å². The molecule has 0 aromatic carbocycles. The van der Waals surface area contributed by atoms with Crippen LogP contribution in [0.15, 0.2) is 5.10 Å². The summed E-state index contributed by atoms with van der Waals surface area (Å²) in [7, 11) is 0. The molecule has 1 aliphatic carbocycles. The van der Waals surface area contributed by atoms with Gasteiger partial charge in [-0.2, -0.15) is 5.10 Å². The fraction of sp³-hybridized carbons (Fsp3) is 0.778. The van der Waals surface area contributed by atoms with Gasteiger partial charge in [0, 0.05) is 17.5 Å². The van der Waals surface area contributed by atoms with Crippen LogP contribution in [-0.2, 0) is 4.79 Å². The Hall–Kier alpha value is -0.860. The van der Waals surface area contributed by atoms with Crippen molar-refractivity contribution >= 4 is 11.6 Å². The summed E-state index contributed by atoms with van der Waals surface area (Å²) in [6.07, 6.45) is 4.71. The normalized spacial score (nSPS) is 35.1. The van der Waals surface area contributed by atoms with Gasteiger partial charge in [0.15, 0.2) is 0 Å². The molecule has 3 heteroatoms. The third-order valence-electron chi connectivity index (χ3n) is 2.95. The first-order chi connectivity index (χ1) is 5.79. The number of carbonyl (C=O) groups excluding carboxylic acids is 1. The molecule has 0 aromatic rings. The Bertz CT molecular complexity index is 235. The first kappa shape index (κ1) is 7.77. The van der Waals surface area contributed by atoms with E-state index in [1.165, 1.54) is 18.6 Å². The van der Waals surface area contributed by atoms with E-state index in [-0.39, 0.29) is 11.8 Å². The maximum absolute atomic E-state index is 11.2. The van der Waals surface area contributed by atoms with E-state index in [4.69, 9.17) is 0 Å². The Morgan fingerprint density at radius 1 is 1.50 bits per heavy atom. The molecule has 2 atom stereocenters. The minimum atomic E-state index is 0.0886. The fourth-order valence-electron chi connectivity index (χ4n) is 2.11. The number of hydrazone groups is 1. The molecule has 0 spiro atoms. The van der Waals surface area contributed by atoms with Crippen molar-refractivity contribution in [1.82, 2.24) is 5.43 Å². The molecular weight excluding hydrogens is 152 g/mol. The number of carbonyl (C=O) groups is 1. The largest absolute Gasteiger partial charge is 0.273 e. The van der Waals surface area contributed by atoms with E-state index in [9.17, 15) is 4.79 Å². The zero-order valence-electron chi connectivity index (χ0n) is 7.34. The molecule has 2 aliphatic rings. The average Bonchev–Trinajstić information content (AvgIpc) is 2.12. The maximum atomic E-state index is 11.2. The van der Waals surface area contributed by atoms with E-state index in [1.54, 1.807) is 0 Å². The van der Waals surface area contributed by atoms with E-state index in [2.05, 4.69) is 10.5 Å². The highest BCUT2D eigenvalue weighted by Gasteiger charge is 2.33. The van der Waals surface area contributed by atoms with E-state index in [1.807, 2.05) is 6.92 Å². The van der Waals surface area contributed by atoms with Gasteiger partial charge in [0.05, 0.1) is 0 Å². The van der Waals surface area contributed by atoms with Crippen LogP contribution in [0.5, 0.6) is 0 Å². The number of nitrogens with one attached hydrogen (secondary N) is 1. The molecule has 1 fully saturated rings. The monoisotopic (exact) mass is 166 g/mol. The second kappa shape index (κ2) is 2.88. The topological polar surface area (TPSA) is 41.5 Å². The van der Waals surface area contributed by atoms with Gasteiger partial charge in [-0.05, 0) is 19.3 Å². The summed E-state index contributed by atoms with van der Waals surface area (Å²) in [5.41, 5.74) is 3.80. The van der Waals surface area contributed by atoms with Crippen LogP contribution in [0.3, 0.4) is 0 Å². The Morgan fingerprint density at radius 3 is 3.17 bits per heavy atom. The van der Waals surface area contributed by atoms with Crippen LogP contribution in [-0.4, -0.2) is 11.6 Å². The van der Waals surface area contributed by atoms with Crippen molar-refractivity contribution in [1.29, 1.82) is 0 Å². The van der Waals surface area contributed by atoms with E-state index in [0.29, 0.717) is 5.92 Å². The number of hydrogen-bond acceptors (Lipinski definition) is 2. The van der Waals surface area contributed by atoms with Crippen LogP contribution in [0.2, 0.25) is 0 Å². The Morgan fingerprint density at radius 2 is 2.33 bits per heavy atom. The van der Waals surface area contributed by atoms with Crippen molar-refractivity contribution in [3.05, 3.63) is 0 Å². The number of hydrogen-bond donors (Lipinski definition) is 1. The van der Waals surface area contributed by atoms with Crippen molar-refractivity contribution in [3.63, 3.8) is 0 Å².